The number of rotatable bonds is 3. The van der Waals surface area contributed by atoms with Crippen molar-refractivity contribution in [3.8, 4) is 0 Å². The highest BCUT2D eigenvalue weighted by molar-refractivity contribution is 8.00. The SMILES string of the molecule is CCNc1ncc(C(=O)N2CC(C)SC(C)C2)cc1Cl. The molecule has 1 N–H and O–H groups in total. The molecule has 0 saturated carbocycles. The highest BCUT2D eigenvalue weighted by Gasteiger charge is 2.27. The van der Waals surface area contributed by atoms with Gasteiger partial charge in [-0.2, -0.15) is 11.8 Å². The van der Waals surface area contributed by atoms with E-state index in [1.807, 2.05) is 23.6 Å². The van der Waals surface area contributed by atoms with Crippen LogP contribution in [-0.2, 0) is 0 Å². The summed E-state index contributed by atoms with van der Waals surface area (Å²) >= 11 is 8.07. The summed E-state index contributed by atoms with van der Waals surface area (Å²) in [6, 6.07) is 1.70. The van der Waals surface area contributed by atoms with Gasteiger partial charge in [0.2, 0.25) is 0 Å². The first kappa shape index (κ1) is 15.4. The van der Waals surface area contributed by atoms with Crippen molar-refractivity contribution in [3.05, 3.63) is 22.8 Å². The number of pyridine rings is 1. The minimum absolute atomic E-state index is 0.0152. The topological polar surface area (TPSA) is 45.2 Å². The number of thioether (sulfide) groups is 1. The van der Waals surface area contributed by atoms with Gasteiger partial charge in [0.05, 0.1) is 10.6 Å². The van der Waals surface area contributed by atoms with Gasteiger partial charge in [-0.3, -0.25) is 4.79 Å². The predicted octanol–water partition coefficient (Wildman–Crippen LogP) is 3.13. The third-order valence-corrected chi connectivity index (χ3v) is 4.65. The molecule has 1 aliphatic rings. The smallest absolute Gasteiger partial charge is 0.255 e. The van der Waals surface area contributed by atoms with E-state index in [2.05, 4.69) is 24.1 Å². The fourth-order valence-electron chi connectivity index (χ4n) is 2.38. The maximum absolute atomic E-state index is 12.5. The normalized spacial score (nSPS) is 22.7. The molecule has 1 amide bonds. The Labute approximate surface area is 129 Å². The summed E-state index contributed by atoms with van der Waals surface area (Å²) in [4.78, 5) is 18.6. The van der Waals surface area contributed by atoms with Crippen molar-refractivity contribution in [2.24, 2.45) is 0 Å². The molecule has 0 bridgehead atoms. The van der Waals surface area contributed by atoms with Gasteiger partial charge in [0, 0.05) is 36.3 Å². The Hall–Kier alpha value is -0.940. The van der Waals surface area contributed by atoms with Crippen LogP contribution < -0.4 is 5.32 Å². The number of hydrogen-bond donors (Lipinski definition) is 1. The zero-order chi connectivity index (χ0) is 14.7. The number of nitrogens with one attached hydrogen (secondary N) is 1. The van der Waals surface area contributed by atoms with Gasteiger partial charge in [-0.15, -0.1) is 0 Å². The van der Waals surface area contributed by atoms with E-state index in [4.69, 9.17) is 11.6 Å². The Morgan fingerprint density at radius 3 is 2.70 bits per heavy atom. The average molecular weight is 314 g/mol. The fraction of sp³-hybridized carbons (Fsp3) is 0.571. The van der Waals surface area contributed by atoms with Gasteiger partial charge in [-0.1, -0.05) is 25.4 Å². The molecule has 1 saturated heterocycles. The lowest BCUT2D eigenvalue weighted by Crippen LogP contribution is -2.44. The zero-order valence-electron chi connectivity index (χ0n) is 12.0. The van der Waals surface area contributed by atoms with E-state index >= 15 is 0 Å². The first-order valence-electron chi connectivity index (χ1n) is 6.85. The lowest BCUT2D eigenvalue weighted by atomic mass is 10.2. The monoisotopic (exact) mass is 313 g/mol. The third-order valence-electron chi connectivity index (χ3n) is 3.14. The maximum atomic E-state index is 12.5. The van der Waals surface area contributed by atoms with Crippen molar-refractivity contribution in [2.75, 3.05) is 25.0 Å². The number of amides is 1. The zero-order valence-corrected chi connectivity index (χ0v) is 13.6. The number of nitrogens with zero attached hydrogens (tertiary/aromatic N) is 2. The molecule has 4 nitrogen and oxygen atoms in total. The van der Waals surface area contributed by atoms with Crippen molar-refractivity contribution < 1.29 is 4.79 Å². The van der Waals surface area contributed by atoms with Gasteiger partial charge in [0.15, 0.2) is 0 Å². The summed E-state index contributed by atoms with van der Waals surface area (Å²) in [6.45, 7) is 8.59. The van der Waals surface area contributed by atoms with Crippen molar-refractivity contribution in [1.29, 1.82) is 0 Å². The van der Waals surface area contributed by atoms with Crippen LogP contribution in [0.2, 0.25) is 5.02 Å². The van der Waals surface area contributed by atoms with Gasteiger partial charge >= 0.3 is 0 Å². The standard InChI is InChI=1S/C14H20ClN3OS/c1-4-16-13-12(15)5-11(6-17-13)14(19)18-7-9(2)20-10(3)8-18/h5-6,9-10H,4,7-8H2,1-3H3,(H,16,17). The molecule has 110 valence electrons. The number of carbonyl (C=O) groups excluding carboxylic acids is 1. The summed E-state index contributed by atoms with van der Waals surface area (Å²) in [6.07, 6.45) is 1.60. The van der Waals surface area contributed by atoms with Crippen LogP contribution in [0.25, 0.3) is 0 Å². The number of hydrogen-bond acceptors (Lipinski definition) is 4. The van der Waals surface area contributed by atoms with Gasteiger partial charge in [0.1, 0.15) is 5.82 Å². The summed E-state index contributed by atoms with van der Waals surface area (Å²) in [5.41, 5.74) is 0.558. The summed E-state index contributed by atoms with van der Waals surface area (Å²) in [5, 5.41) is 4.49. The molecule has 0 spiro atoms. The first-order chi connectivity index (χ1) is 9.51. The molecular weight excluding hydrogens is 294 g/mol. The molecule has 20 heavy (non-hydrogen) atoms. The van der Waals surface area contributed by atoms with Crippen LogP contribution in [0.3, 0.4) is 0 Å². The number of halogens is 1. The fourth-order valence-corrected chi connectivity index (χ4v) is 3.94. The second-order valence-electron chi connectivity index (χ2n) is 5.05. The highest BCUT2D eigenvalue weighted by Crippen LogP contribution is 2.27. The van der Waals surface area contributed by atoms with Crippen molar-refractivity contribution in [1.82, 2.24) is 9.88 Å². The highest BCUT2D eigenvalue weighted by atomic mass is 35.5. The van der Waals surface area contributed by atoms with Crippen molar-refractivity contribution in [2.45, 2.75) is 31.3 Å². The van der Waals surface area contributed by atoms with Crippen LogP contribution in [0.5, 0.6) is 0 Å². The maximum Gasteiger partial charge on any atom is 0.255 e. The molecule has 2 heterocycles. The van der Waals surface area contributed by atoms with Crippen molar-refractivity contribution in [3.63, 3.8) is 0 Å². The van der Waals surface area contributed by atoms with E-state index in [9.17, 15) is 4.79 Å². The third kappa shape index (κ3) is 3.58. The first-order valence-corrected chi connectivity index (χ1v) is 8.17. The molecule has 6 heteroatoms. The summed E-state index contributed by atoms with van der Waals surface area (Å²) in [7, 11) is 0. The molecule has 1 aromatic rings. The minimum Gasteiger partial charge on any atom is -0.369 e. The Bertz CT molecular complexity index is 487. The van der Waals surface area contributed by atoms with Gasteiger partial charge < -0.3 is 10.2 Å². The van der Waals surface area contributed by atoms with Gasteiger partial charge in [-0.25, -0.2) is 4.98 Å². The van der Waals surface area contributed by atoms with E-state index in [1.54, 1.807) is 12.3 Å². The molecular formula is C14H20ClN3OS. The van der Waals surface area contributed by atoms with Gasteiger partial charge in [0.25, 0.3) is 5.91 Å². The molecule has 1 fully saturated rings. The Balaban J connectivity index is 2.14. The van der Waals surface area contributed by atoms with E-state index in [0.29, 0.717) is 26.9 Å². The Morgan fingerprint density at radius 1 is 1.50 bits per heavy atom. The average Bonchev–Trinajstić information content (AvgIpc) is 2.39. The molecule has 0 aromatic carbocycles. The molecule has 0 aliphatic carbocycles. The lowest BCUT2D eigenvalue weighted by molar-refractivity contribution is 0.0753. The van der Waals surface area contributed by atoms with E-state index in [-0.39, 0.29) is 5.91 Å². The summed E-state index contributed by atoms with van der Waals surface area (Å²) in [5.74, 6) is 0.642. The van der Waals surface area contributed by atoms with Crippen LogP contribution >= 0.6 is 23.4 Å². The van der Waals surface area contributed by atoms with E-state index < -0.39 is 0 Å². The number of carbonyl (C=O) groups is 1. The second kappa shape index (κ2) is 6.68. The Morgan fingerprint density at radius 2 is 2.15 bits per heavy atom. The van der Waals surface area contributed by atoms with E-state index in [0.717, 1.165) is 19.6 Å². The van der Waals surface area contributed by atoms with Crippen LogP contribution in [0.4, 0.5) is 5.82 Å². The molecule has 2 atom stereocenters. The molecule has 2 unspecified atom stereocenters. The molecule has 1 aliphatic heterocycles. The number of anilines is 1. The molecule has 2 rings (SSSR count). The predicted molar refractivity (Wildman–Crippen MR) is 85.8 cm³/mol. The summed E-state index contributed by atoms with van der Waals surface area (Å²) < 4.78 is 0. The van der Waals surface area contributed by atoms with E-state index in [1.165, 1.54) is 0 Å². The minimum atomic E-state index is 0.0152. The van der Waals surface area contributed by atoms with Gasteiger partial charge in [-0.05, 0) is 13.0 Å². The van der Waals surface area contributed by atoms with Crippen LogP contribution in [0.1, 0.15) is 31.1 Å². The van der Waals surface area contributed by atoms with Crippen LogP contribution in [0.15, 0.2) is 12.3 Å². The van der Waals surface area contributed by atoms with Crippen molar-refractivity contribution >= 4 is 35.1 Å². The van der Waals surface area contributed by atoms with Crippen LogP contribution in [-0.4, -0.2) is 45.9 Å². The second-order valence-corrected chi connectivity index (χ2v) is 7.34. The number of aromatic nitrogens is 1. The lowest BCUT2D eigenvalue weighted by Gasteiger charge is -2.34. The largest absolute Gasteiger partial charge is 0.369 e. The molecule has 0 radical (unpaired) electrons. The Kier molecular flexibility index (Phi) is 5.16. The van der Waals surface area contributed by atoms with Crippen LogP contribution in [0, 0.1) is 0 Å². The molecule has 1 aromatic heterocycles. The quantitative estimate of drug-likeness (QED) is 0.931.